The summed E-state index contributed by atoms with van der Waals surface area (Å²) < 4.78 is 34.8. The van der Waals surface area contributed by atoms with Gasteiger partial charge in [-0.15, -0.1) is 0 Å². The number of alkyl halides is 2. The molecule has 8 heteroatoms. The minimum Gasteiger partial charge on any atom is -0.490 e. The monoisotopic (exact) mass is 445 g/mol. The Hall–Kier alpha value is -3.13. The van der Waals surface area contributed by atoms with Crippen molar-refractivity contribution < 1.29 is 23.0 Å². The molecule has 1 saturated heterocycles. The molecule has 2 aromatic carbocycles. The second-order valence-corrected chi connectivity index (χ2v) is 7.31. The van der Waals surface area contributed by atoms with Gasteiger partial charge in [-0.3, -0.25) is 9.69 Å². The number of nitrogens with one attached hydrogen (secondary N) is 1. The molecule has 0 radical (unpaired) electrons. The van der Waals surface area contributed by atoms with Gasteiger partial charge in [0.05, 0.1) is 6.61 Å². The summed E-state index contributed by atoms with van der Waals surface area (Å²) in [5.74, 6) is -0.0281. The van der Waals surface area contributed by atoms with Crippen LogP contribution in [0.1, 0.15) is 12.5 Å². The summed E-state index contributed by atoms with van der Waals surface area (Å²) in [7, 11) is 0. The molecule has 1 aliphatic heterocycles. The van der Waals surface area contributed by atoms with Crippen molar-refractivity contribution in [1.29, 1.82) is 0 Å². The summed E-state index contributed by atoms with van der Waals surface area (Å²) in [5, 5.41) is 2.88. The van der Waals surface area contributed by atoms with Crippen molar-refractivity contribution >= 4 is 17.7 Å². The second-order valence-electron chi connectivity index (χ2n) is 7.31. The van der Waals surface area contributed by atoms with Gasteiger partial charge in [-0.25, -0.2) is 0 Å². The third kappa shape index (κ3) is 7.23. The Balaban J connectivity index is 1.41. The molecular formula is C24H29F2N3O3. The standard InChI is InChI=1S/C24H29F2N3O3/c1-2-31-22-18-19(8-10-21(22)32-24(25)26)9-11-23(30)27-12-13-28-14-16-29(17-15-28)20-6-4-3-5-7-20/h3-11,18,24H,2,12-17H2,1H3,(H,27,30)/b11-9+. The first-order chi connectivity index (χ1) is 15.5. The fourth-order valence-corrected chi connectivity index (χ4v) is 3.53. The molecule has 6 nitrogen and oxygen atoms in total. The lowest BCUT2D eigenvalue weighted by Crippen LogP contribution is -2.48. The molecule has 0 aliphatic carbocycles. The average molecular weight is 446 g/mol. The molecule has 3 rings (SSSR count). The van der Waals surface area contributed by atoms with Crippen LogP contribution in [-0.4, -0.2) is 63.3 Å². The Bertz CT molecular complexity index is 885. The second kappa shape index (κ2) is 12.0. The van der Waals surface area contributed by atoms with Crippen molar-refractivity contribution in [2.24, 2.45) is 0 Å². The van der Waals surface area contributed by atoms with Gasteiger partial charge >= 0.3 is 6.61 Å². The summed E-state index contributed by atoms with van der Waals surface area (Å²) >= 11 is 0. The first-order valence-corrected chi connectivity index (χ1v) is 10.7. The van der Waals surface area contributed by atoms with Gasteiger partial charge < -0.3 is 19.7 Å². The maximum absolute atomic E-state index is 12.5. The molecule has 1 heterocycles. The zero-order valence-electron chi connectivity index (χ0n) is 18.2. The molecule has 1 amide bonds. The molecule has 172 valence electrons. The third-order valence-corrected chi connectivity index (χ3v) is 5.13. The summed E-state index contributed by atoms with van der Waals surface area (Å²) in [5.41, 5.74) is 1.90. The molecule has 0 aromatic heterocycles. The van der Waals surface area contributed by atoms with Crippen molar-refractivity contribution in [2.45, 2.75) is 13.5 Å². The Labute approximate surface area is 187 Å². The number of nitrogens with zero attached hydrogens (tertiary/aromatic N) is 2. The van der Waals surface area contributed by atoms with Gasteiger partial charge in [0.2, 0.25) is 5.91 Å². The van der Waals surface area contributed by atoms with Crippen molar-refractivity contribution in [2.75, 3.05) is 50.8 Å². The van der Waals surface area contributed by atoms with Gasteiger partial charge in [-0.1, -0.05) is 24.3 Å². The highest BCUT2D eigenvalue weighted by atomic mass is 19.3. The van der Waals surface area contributed by atoms with E-state index in [1.165, 1.54) is 17.8 Å². The minimum atomic E-state index is -2.93. The zero-order valence-corrected chi connectivity index (χ0v) is 18.2. The average Bonchev–Trinajstić information content (AvgIpc) is 2.80. The van der Waals surface area contributed by atoms with Crippen LogP contribution in [-0.2, 0) is 4.79 Å². The summed E-state index contributed by atoms with van der Waals surface area (Å²) in [6.07, 6.45) is 3.04. The van der Waals surface area contributed by atoms with Crippen LogP contribution < -0.4 is 19.7 Å². The number of amides is 1. The Kier molecular flexibility index (Phi) is 8.86. The molecule has 0 atom stereocenters. The van der Waals surface area contributed by atoms with Crippen molar-refractivity contribution in [1.82, 2.24) is 10.2 Å². The van der Waals surface area contributed by atoms with Crippen LogP contribution in [0.2, 0.25) is 0 Å². The van der Waals surface area contributed by atoms with E-state index in [-0.39, 0.29) is 17.4 Å². The zero-order chi connectivity index (χ0) is 22.8. The molecule has 32 heavy (non-hydrogen) atoms. The number of halogens is 2. The largest absolute Gasteiger partial charge is 0.490 e. The van der Waals surface area contributed by atoms with Gasteiger partial charge in [0, 0.05) is 51.0 Å². The first-order valence-electron chi connectivity index (χ1n) is 10.7. The maximum Gasteiger partial charge on any atom is 0.387 e. The predicted octanol–water partition coefficient (Wildman–Crippen LogP) is 3.64. The highest BCUT2D eigenvalue weighted by Gasteiger charge is 2.16. The number of para-hydroxylation sites is 1. The predicted molar refractivity (Wildman–Crippen MR) is 121 cm³/mol. The molecule has 0 saturated carbocycles. The van der Waals surface area contributed by atoms with E-state index in [1.807, 2.05) is 18.2 Å². The van der Waals surface area contributed by atoms with E-state index >= 15 is 0 Å². The molecule has 0 unspecified atom stereocenters. The number of piperazine rings is 1. The highest BCUT2D eigenvalue weighted by Crippen LogP contribution is 2.30. The lowest BCUT2D eigenvalue weighted by atomic mass is 10.2. The van der Waals surface area contributed by atoms with Crippen LogP contribution in [0.15, 0.2) is 54.6 Å². The number of carbonyl (C=O) groups is 1. The normalized spacial score (nSPS) is 14.7. The smallest absolute Gasteiger partial charge is 0.387 e. The number of benzene rings is 2. The van der Waals surface area contributed by atoms with Gasteiger partial charge in [0.15, 0.2) is 11.5 Å². The fraction of sp³-hybridized carbons (Fsp3) is 0.375. The summed E-state index contributed by atoms with van der Waals surface area (Å²) in [6, 6.07) is 14.9. The molecule has 0 spiro atoms. The summed E-state index contributed by atoms with van der Waals surface area (Å²) in [6.45, 7) is 4.31. The minimum absolute atomic E-state index is 0.0317. The molecular weight excluding hydrogens is 416 g/mol. The molecule has 1 aliphatic rings. The number of hydrogen-bond acceptors (Lipinski definition) is 5. The van der Waals surface area contributed by atoms with Crippen LogP contribution in [0.5, 0.6) is 11.5 Å². The number of carbonyl (C=O) groups excluding carboxylic acids is 1. The van der Waals surface area contributed by atoms with Gasteiger partial charge in [0.1, 0.15) is 0 Å². The Morgan fingerprint density at radius 2 is 1.84 bits per heavy atom. The van der Waals surface area contributed by atoms with Crippen molar-refractivity contribution in [3.8, 4) is 11.5 Å². The lowest BCUT2D eigenvalue weighted by molar-refractivity contribution is -0.116. The quantitative estimate of drug-likeness (QED) is 0.566. The fourth-order valence-electron chi connectivity index (χ4n) is 3.53. The molecule has 1 fully saturated rings. The Morgan fingerprint density at radius 3 is 2.53 bits per heavy atom. The maximum atomic E-state index is 12.5. The van der Waals surface area contributed by atoms with Crippen LogP contribution in [0, 0.1) is 0 Å². The molecule has 0 bridgehead atoms. The lowest BCUT2D eigenvalue weighted by Gasteiger charge is -2.36. The van der Waals surface area contributed by atoms with Crippen molar-refractivity contribution in [3.05, 3.63) is 60.2 Å². The number of hydrogen-bond donors (Lipinski definition) is 1. The van der Waals surface area contributed by atoms with Crippen LogP contribution >= 0.6 is 0 Å². The van der Waals surface area contributed by atoms with E-state index in [1.54, 1.807) is 25.1 Å². The first kappa shape index (κ1) is 23.5. The van der Waals surface area contributed by atoms with E-state index in [2.05, 4.69) is 32.0 Å². The molecule has 1 N–H and O–H groups in total. The topological polar surface area (TPSA) is 54.0 Å². The highest BCUT2D eigenvalue weighted by molar-refractivity contribution is 5.91. The van der Waals surface area contributed by atoms with Crippen LogP contribution in [0.4, 0.5) is 14.5 Å². The Morgan fingerprint density at radius 1 is 1.09 bits per heavy atom. The van der Waals surface area contributed by atoms with E-state index in [4.69, 9.17) is 4.74 Å². The van der Waals surface area contributed by atoms with Gasteiger partial charge in [0.25, 0.3) is 0 Å². The molecule has 2 aromatic rings. The van der Waals surface area contributed by atoms with Crippen molar-refractivity contribution in [3.63, 3.8) is 0 Å². The SMILES string of the molecule is CCOc1cc(/C=C/C(=O)NCCN2CCN(c3ccccc3)CC2)ccc1OC(F)F. The van der Waals surface area contributed by atoms with E-state index in [9.17, 15) is 13.6 Å². The van der Waals surface area contributed by atoms with Crippen LogP contribution in [0.3, 0.4) is 0 Å². The van der Waals surface area contributed by atoms with Crippen LogP contribution in [0.25, 0.3) is 6.08 Å². The van der Waals surface area contributed by atoms with E-state index in [0.717, 1.165) is 32.7 Å². The number of anilines is 1. The van der Waals surface area contributed by atoms with E-state index in [0.29, 0.717) is 18.7 Å². The van der Waals surface area contributed by atoms with Gasteiger partial charge in [-0.05, 0) is 42.8 Å². The number of rotatable bonds is 10. The number of ether oxygens (including phenoxy) is 2. The van der Waals surface area contributed by atoms with E-state index < -0.39 is 6.61 Å². The summed E-state index contributed by atoms with van der Waals surface area (Å²) in [4.78, 5) is 16.8. The third-order valence-electron chi connectivity index (χ3n) is 5.13. The van der Waals surface area contributed by atoms with Gasteiger partial charge in [-0.2, -0.15) is 8.78 Å².